The Labute approximate surface area is 118 Å². The summed E-state index contributed by atoms with van der Waals surface area (Å²) in [5.41, 5.74) is 0.527. The maximum absolute atomic E-state index is 12.6. The first-order chi connectivity index (χ1) is 9.69. The lowest BCUT2D eigenvalue weighted by Crippen LogP contribution is -2.45. The van der Waals surface area contributed by atoms with Gasteiger partial charge in [0.15, 0.2) is 0 Å². The van der Waals surface area contributed by atoms with Crippen LogP contribution in [0.1, 0.15) is 30.1 Å². The van der Waals surface area contributed by atoms with Gasteiger partial charge in [0, 0.05) is 19.3 Å². The number of likely N-dealkylation sites (tertiary alicyclic amines) is 1. The minimum atomic E-state index is -0.0171. The third kappa shape index (κ3) is 2.38. The molecule has 1 amide bonds. The first-order valence-electron chi connectivity index (χ1n) is 7.12. The third-order valence-corrected chi connectivity index (χ3v) is 4.22. The normalized spacial score (nSPS) is 29.1. The van der Waals surface area contributed by atoms with Crippen LogP contribution in [0.3, 0.4) is 0 Å². The van der Waals surface area contributed by atoms with Crippen molar-refractivity contribution in [3.8, 4) is 5.88 Å². The summed E-state index contributed by atoms with van der Waals surface area (Å²) in [6, 6.07) is 3.52. The molecule has 5 heteroatoms. The van der Waals surface area contributed by atoms with Crippen LogP contribution >= 0.6 is 0 Å². The average Bonchev–Trinajstić information content (AvgIpc) is 2.85. The number of rotatable bonds is 2. The molecule has 3 rings (SSSR count). The summed E-state index contributed by atoms with van der Waals surface area (Å²) in [6.45, 7) is 3.56. The molecule has 108 valence electrons. The molecule has 0 radical (unpaired) electrons. The zero-order chi connectivity index (χ0) is 14.1. The fourth-order valence-electron chi connectivity index (χ4n) is 3.24. The molecule has 2 aliphatic rings. The van der Waals surface area contributed by atoms with Crippen LogP contribution < -0.4 is 4.74 Å². The van der Waals surface area contributed by atoms with Crippen LogP contribution in [0, 0.1) is 5.92 Å². The SMILES string of the molecule is COc1ncccc1C(=O)N1CC[C@H]2C[C@@H](C)O[C@@H]2C1. The van der Waals surface area contributed by atoms with Crippen LogP contribution in [-0.2, 0) is 4.74 Å². The van der Waals surface area contributed by atoms with Crippen LogP contribution in [0.25, 0.3) is 0 Å². The Hall–Kier alpha value is -1.62. The number of methoxy groups -OCH3 is 1. The molecule has 3 heterocycles. The van der Waals surface area contributed by atoms with Gasteiger partial charge in [0.2, 0.25) is 5.88 Å². The first kappa shape index (κ1) is 13.4. The van der Waals surface area contributed by atoms with Crippen molar-refractivity contribution < 1.29 is 14.3 Å². The van der Waals surface area contributed by atoms with E-state index in [2.05, 4.69) is 11.9 Å². The number of carbonyl (C=O) groups excluding carboxylic acids is 1. The lowest BCUT2D eigenvalue weighted by atomic mass is 9.92. The number of piperidine rings is 1. The first-order valence-corrected chi connectivity index (χ1v) is 7.12. The fourth-order valence-corrected chi connectivity index (χ4v) is 3.24. The van der Waals surface area contributed by atoms with E-state index in [4.69, 9.17) is 9.47 Å². The van der Waals surface area contributed by atoms with E-state index in [1.54, 1.807) is 18.3 Å². The zero-order valence-corrected chi connectivity index (χ0v) is 11.9. The standard InChI is InChI=1S/C15H20N2O3/c1-10-8-11-5-7-17(9-13(11)20-10)15(18)12-4-3-6-16-14(12)19-2/h3-4,6,10-11,13H,5,7-9H2,1-2H3/t10-,11+,13-/m1/s1. The van der Waals surface area contributed by atoms with Crippen LogP contribution in [0.15, 0.2) is 18.3 Å². The molecular weight excluding hydrogens is 256 g/mol. The molecule has 0 bridgehead atoms. The summed E-state index contributed by atoms with van der Waals surface area (Å²) in [6.07, 6.45) is 4.26. The predicted molar refractivity (Wildman–Crippen MR) is 73.8 cm³/mol. The Bertz CT molecular complexity index is 506. The molecule has 0 saturated carbocycles. The summed E-state index contributed by atoms with van der Waals surface area (Å²) in [4.78, 5) is 18.6. The molecule has 3 atom stereocenters. The monoisotopic (exact) mass is 276 g/mol. The summed E-state index contributed by atoms with van der Waals surface area (Å²) < 4.78 is 11.1. The van der Waals surface area contributed by atoms with Crippen molar-refractivity contribution in [3.63, 3.8) is 0 Å². The van der Waals surface area contributed by atoms with E-state index in [1.807, 2.05) is 4.90 Å². The van der Waals surface area contributed by atoms with E-state index >= 15 is 0 Å². The summed E-state index contributed by atoms with van der Waals surface area (Å²) in [5.74, 6) is 0.974. The second-order valence-electron chi connectivity index (χ2n) is 5.58. The molecule has 0 aromatic carbocycles. The quantitative estimate of drug-likeness (QED) is 0.825. The number of fused-ring (bicyclic) bond motifs is 1. The number of hydrogen-bond acceptors (Lipinski definition) is 4. The van der Waals surface area contributed by atoms with Crippen LogP contribution in [-0.4, -0.2) is 48.2 Å². The van der Waals surface area contributed by atoms with Crippen molar-refractivity contribution in [1.82, 2.24) is 9.88 Å². The highest BCUT2D eigenvalue weighted by atomic mass is 16.5. The van der Waals surface area contributed by atoms with Crippen molar-refractivity contribution in [2.75, 3.05) is 20.2 Å². The van der Waals surface area contributed by atoms with Crippen molar-refractivity contribution in [2.24, 2.45) is 5.92 Å². The molecular formula is C15H20N2O3. The predicted octanol–water partition coefficient (Wildman–Crippen LogP) is 1.73. The van der Waals surface area contributed by atoms with Gasteiger partial charge in [-0.15, -0.1) is 0 Å². The fraction of sp³-hybridized carbons (Fsp3) is 0.600. The molecule has 0 aliphatic carbocycles. The maximum Gasteiger partial charge on any atom is 0.259 e. The van der Waals surface area contributed by atoms with E-state index < -0.39 is 0 Å². The van der Waals surface area contributed by atoms with E-state index in [-0.39, 0.29) is 12.0 Å². The number of ether oxygens (including phenoxy) is 2. The van der Waals surface area contributed by atoms with Gasteiger partial charge in [-0.2, -0.15) is 0 Å². The second-order valence-corrected chi connectivity index (χ2v) is 5.58. The highest BCUT2D eigenvalue weighted by Crippen LogP contribution is 2.33. The number of carbonyl (C=O) groups is 1. The largest absolute Gasteiger partial charge is 0.480 e. The average molecular weight is 276 g/mol. The molecule has 0 unspecified atom stereocenters. The molecule has 0 spiro atoms. The molecule has 5 nitrogen and oxygen atoms in total. The molecule has 1 aromatic heterocycles. The molecule has 0 N–H and O–H groups in total. The van der Waals surface area contributed by atoms with E-state index in [0.29, 0.717) is 30.0 Å². The Morgan fingerprint density at radius 1 is 1.55 bits per heavy atom. The highest BCUT2D eigenvalue weighted by molar-refractivity contribution is 5.96. The second kappa shape index (κ2) is 5.40. The lowest BCUT2D eigenvalue weighted by Gasteiger charge is -2.34. The van der Waals surface area contributed by atoms with Gasteiger partial charge in [-0.05, 0) is 37.8 Å². The minimum Gasteiger partial charge on any atom is -0.480 e. The highest BCUT2D eigenvalue weighted by Gasteiger charge is 2.39. The Morgan fingerprint density at radius 3 is 3.20 bits per heavy atom. The van der Waals surface area contributed by atoms with Crippen LogP contribution in [0.5, 0.6) is 5.88 Å². The summed E-state index contributed by atoms with van der Waals surface area (Å²) in [7, 11) is 1.53. The van der Waals surface area contributed by atoms with Gasteiger partial charge in [0.05, 0.1) is 19.3 Å². The van der Waals surface area contributed by atoms with Crippen molar-refractivity contribution in [2.45, 2.75) is 32.0 Å². The Morgan fingerprint density at radius 2 is 2.40 bits per heavy atom. The van der Waals surface area contributed by atoms with Crippen LogP contribution in [0.2, 0.25) is 0 Å². The Balaban J connectivity index is 1.75. The van der Waals surface area contributed by atoms with Gasteiger partial charge in [0.25, 0.3) is 5.91 Å². The molecule has 20 heavy (non-hydrogen) atoms. The van der Waals surface area contributed by atoms with Gasteiger partial charge >= 0.3 is 0 Å². The number of amides is 1. The number of aromatic nitrogens is 1. The van der Waals surface area contributed by atoms with E-state index in [1.165, 1.54) is 7.11 Å². The van der Waals surface area contributed by atoms with Crippen molar-refractivity contribution in [3.05, 3.63) is 23.9 Å². The smallest absolute Gasteiger partial charge is 0.259 e. The van der Waals surface area contributed by atoms with Gasteiger partial charge in [-0.1, -0.05) is 0 Å². The van der Waals surface area contributed by atoms with Crippen molar-refractivity contribution >= 4 is 5.91 Å². The van der Waals surface area contributed by atoms with Gasteiger partial charge in [0.1, 0.15) is 5.56 Å². The van der Waals surface area contributed by atoms with Gasteiger partial charge < -0.3 is 14.4 Å². The topological polar surface area (TPSA) is 51.7 Å². The number of hydrogen-bond donors (Lipinski definition) is 0. The van der Waals surface area contributed by atoms with Gasteiger partial charge in [-0.3, -0.25) is 4.79 Å². The van der Waals surface area contributed by atoms with Crippen molar-refractivity contribution in [1.29, 1.82) is 0 Å². The maximum atomic E-state index is 12.6. The summed E-state index contributed by atoms with van der Waals surface area (Å²) >= 11 is 0. The number of pyridine rings is 1. The van der Waals surface area contributed by atoms with E-state index in [0.717, 1.165) is 19.4 Å². The third-order valence-electron chi connectivity index (χ3n) is 4.22. The lowest BCUT2D eigenvalue weighted by molar-refractivity contribution is 0.00145. The van der Waals surface area contributed by atoms with Crippen LogP contribution in [0.4, 0.5) is 0 Å². The molecule has 2 saturated heterocycles. The number of nitrogens with zero attached hydrogens (tertiary/aromatic N) is 2. The summed E-state index contributed by atoms with van der Waals surface area (Å²) in [5, 5.41) is 0. The van der Waals surface area contributed by atoms with Gasteiger partial charge in [-0.25, -0.2) is 4.98 Å². The molecule has 2 aliphatic heterocycles. The molecule has 1 aromatic rings. The zero-order valence-electron chi connectivity index (χ0n) is 11.9. The Kier molecular flexibility index (Phi) is 3.61. The minimum absolute atomic E-state index is 0.0171. The molecule has 2 fully saturated rings. The van der Waals surface area contributed by atoms with E-state index in [9.17, 15) is 4.79 Å².